The molecular weight excluding hydrogens is 267 g/mol. The second-order valence-corrected chi connectivity index (χ2v) is 4.63. The Hall–Kier alpha value is -1.13. The van der Waals surface area contributed by atoms with Crippen molar-refractivity contribution in [1.82, 2.24) is 10.2 Å². The number of likely N-dealkylation sites (N-methyl/N-ethyl adjacent to an activating group) is 1. The smallest absolute Gasteiger partial charge is 0.239 e. The SMILES string of the molecule is CCN(Cc1cccc(F)c1)C(=O)[C@@H]1CCCN1.Cl. The minimum Gasteiger partial charge on any atom is -0.337 e. The highest BCUT2D eigenvalue weighted by Crippen LogP contribution is 2.12. The topological polar surface area (TPSA) is 32.3 Å². The minimum absolute atomic E-state index is 0. The summed E-state index contributed by atoms with van der Waals surface area (Å²) < 4.78 is 13.1. The monoisotopic (exact) mass is 286 g/mol. The van der Waals surface area contributed by atoms with Crippen molar-refractivity contribution < 1.29 is 9.18 Å². The van der Waals surface area contributed by atoms with Crippen molar-refractivity contribution in [1.29, 1.82) is 0 Å². The number of hydrogen-bond donors (Lipinski definition) is 1. The quantitative estimate of drug-likeness (QED) is 0.921. The van der Waals surface area contributed by atoms with Crippen LogP contribution in [0.5, 0.6) is 0 Å². The maximum Gasteiger partial charge on any atom is 0.239 e. The van der Waals surface area contributed by atoms with Gasteiger partial charge in [0, 0.05) is 13.1 Å². The first kappa shape index (κ1) is 15.9. The predicted octanol–water partition coefficient (Wildman–Crippen LogP) is 2.35. The Balaban J connectivity index is 0.00000180. The lowest BCUT2D eigenvalue weighted by Gasteiger charge is -2.24. The third-order valence-electron chi connectivity index (χ3n) is 3.31. The minimum atomic E-state index is -0.255. The standard InChI is InChI=1S/C14H19FN2O.ClH/c1-2-17(14(18)13-7-4-8-16-13)10-11-5-3-6-12(15)9-11;/h3,5-6,9,13,16H,2,4,7-8,10H2,1H3;1H/t13-;/m0./s1. The van der Waals surface area contributed by atoms with Crippen LogP contribution in [0.2, 0.25) is 0 Å². The molecule has 3 nitrogen and oxygen atoms in total. The van der Waals surface area contributed by atoms with Crippen LogP contribution in [0.4, 0.5) is 4.39 Å². The molecule has 1 fully saturated rings. The highest BCUT2D eigenvalue weighted by Gasteiger charge is 2.25. The average molecular weight is 287 g/mol. The van der Waals surface area contributed by atoms with E-state index in [0.717, 1.165) is 24.9 Å². The first-order valence-electron chi connectivity index (χ1n) is 6.47. The van der Waals surface area contributed by atoms with Gasteiger partial charge in [-0.05, 0) is 44.0 Å². The molecular formula is C14H20ClFN2O. The Morgan fingerprint density at radius 3 is 2.89 bits per heavy atom. The fourth-order valence-electron chi connectivity index (χ4n) is 2.32. The van der Waals surface area contributed by atoms with Gasteiger partial charge in [0.15, 0.2) is 0 Å². The van der Waals surface area contributed by atoms with E-state index >= 15 is 0 Å². The molecule has 0 bridgehead atoms. The van der Waals surface area contributed by atoms with Crippen LogP contribution in [0.3, 0.4) is 0 Å². The highest BCUT2D eigenvalue weighted by atomic mass is 35.5. The zero-order valence-electron chi connectivity index (χ0n) is 11.1. The molecule has 5 heteroatoms. The van der Waals surface area contributed by atoms with Crippen molar-refractivity contribution >= 4 is 18.3 Å². The lowest BCUT2D eigenvalue weighted by Crippen LogP contribution is -2.43. The molecule has 1 aromatic rings. The molecule has 1 amide bonds. The van der Waals surface area contributed by atoms with Gasteiger partial charge < -0.3 is 10.2 Å². The summed E-state index contributed by atoms with van der Waals surface area (Å²) in [4.78, 5) is 14.0. The van der Waals surface area contributed by atoms with Crippen molar-refractivity contribution in [2.45, 2.75) is 32.4 Å². The maximum atomic E-state index is 13.1. The number of carbonyl (C=O) groups excluding carboxylic acids is 1. The summed E-state index contributed by atoms with van der Waals surface area (Å²) in [6.45, 7) is 3.98. The maximum absolute atomic E-state index is 13.1. The van der Waals surface area contributed by atoms with E-state index in [-0.39, 0.29) is 30.2 Å². The van der Waals surface area contributed by atoms with Crippen molar-refractivity contribution in [2.75, 3.05) is 13.1 Å². The molecule has 2 rings (SSSR count). The number of nitrogens with zero attached hydrogens (tertiary/aromatic N) is 1. The van der Waals surface area contributed by atoms with E-state index in [1.54, 1.807) is 11.0 Å². The van der Waals surface area contributed by atoms with Crippen LogP contribution in [0.25, 0.3) is 0 Å². The van der Waals surface area contributed by atoms with E-state index in [1.807, 2.05) is 13.0 Å². The summed E-state index contributed by atoms with van der Waals surface area (Å²) in [7, 11) is 0. The molecule has 0 aliphatic carbocycles. The van der Waals surface area contributed by atoms with Gasteiger partial charge in [0.1, 0.15) is 5.82 Å². The summed E-state index contributed by atoms with van der Waals surface area (Å²) in [6.07, 6.45) is 1.95. The summed E-state index contributed by atoms with van der Waals surface area (Å²) in [5.41, 5.74) is 0.836. The zero-order chi connectivity index (χ0) is 13.0. The van der Waals surface area contributed by atoms with Crippen LogP contribution < -0.4 is 5.32 Å². The first-order chi connectivity index (χ1) is 8.70. The number of amides is 1. The summed E-state index contributed by atoms with van der Waals surface area (Å²) in [5.74, 6) is -0.130. The van der Waals surface area contributed by atoms with Gasteiger partial charge in [-0.2, -0.15) is 0 Å². The van der Waals surface area contributed by atoms with Crippen LogP contribution in [0.15, 0.2) is 24.3 Å². The second-order valence-electron chi connectivity index (χ2n) is 4.63. The number of hydrogen-bond acceptors (Lipinski definition) is 2. The molecule has 0 unspecified atom stereocenters. The highest BCUT2D eigenvalue weighted by molar-refractivity contribution is 5.85. The number of carbonyl (C=O) groups is 1. The van der Waals surface area contributed by atoms with Gasteiger partial charge in [-0.3, -0.25) is 4.79 Å². The largest absolute Gasteiger partial charge is 0.337 e. The van der Waals surface area contributed by atoms with E-state index in [1.165, 1.54) is 12.1 Å². The van der Waals surface area contributed by atoms with Crippen LogP contribution >= 0.6 is 12.4 Å². The summed E-state index contributed by atoms with van der Waals surface area (Å²) in [6, 6.07) is 6.37. The van der Waals surface area contributed by atoms with Crippen molar-refractivity contribution in [3.63, 3.8) is 0 Å². The molecule has 1 aliphatic rings. The lowest BCUT2D eigenvalue weighted by molar-refractivity contribution is -0.133. The van der Waals surface area contributed by atoms with Gasteiger partial charge in [0.25, 0.3) is 0 Å². The molecule has 19 heavy (non-hydrogen) atoms. The Kier molecular flexibility index (Phi) is 6.25. The molecule has 106 valence electrons. The number of halogens is 2. The summed E-state index contributed by atoms with van der Waals surface area (Å²) >= 11 is 0. The van der Waals surface area contributed by atoms with E-state index in [9.17, 15) is 9.18 Å². The van der Waals surface area contributed by atoms with Gasteiger partial charge in [-0.15, -0.1) is 12.4 Å². The molecule has 0 radical (unpaired) electrons. The van der Waals surface area contributed by atoms with Gasteiger partial charge in [0.05, 0.1) is 6.04 Å². The van der Waals surface area contributed by atoms with Gasteiger partial charge in [-0.1, -0.05) is 12.1 Å². The second kappa shape index (κ2) is 7.46. The van der Waals surface area contributed by atoms with E-state index in [4.69, 9.17) is 0 Å². The molecule has 1 aliphatic heterocycles. The number of nitrogens with one attached hydrogen (secondary N) is 1. The third-order valence-corrected chi connectivity index (χ3v) is 3.31. The Bertz CT molecular complexity index is 422. The molecule has 1 aromatic carbocycles. The molecule has 0 spiro atoms. The molecule has 1 heterocycles. The van der Waals surface area contributed by atoms with Crippen LogP contribution in [-0.4, -0.2) is 29.9 Å². The molecule has 1 atom stereocenters. The van der Waals surface area contributed by atoms with Crippen molar-refractivity contribution in [3.05, 3.63) is 35.6 Å². The molecule has 0 aromatic heterocycles. The van der Waals surface area contributed by atoms with E-state index in [2.05, 4.69) is 5.32 Å². The third kappa shape index (κ3) is 4.18. The van der Waals surface area contributed by atoms with Crippen LogP contribution in [0.1, 0.15) is 25.3 Å². The molecule has 0 saturated carbocycles. The normalized spacial score (nSPS) is 17.9. The van der Waals surface area contributed by atoms with Gasteiger partial charge >= 0.3 is 0 Å². The van der Waals surface area contributed by atoms with Gasteiger partial charge in [-0.25, -0.2) is 4.39 Å². The zero-order valence-corrected chi connectivity index (χ0v) is 11.9. The average Bonchev–Trinajstić information content (AvgIpc) is 2.89. The Morgan fingerprint density at radius 1 is 1.53 bits per heavy atom. The predicted molar refractivity (Wildman–Crippen MR) is 75.8 cm³/mol. The van der Waals surface area contributed by atoms with E-state index < -0.39 is 0 Å². The van der Waals surface area contributed by atoms with Crippen LogP contribution in [-0.2, 0) is 11.3 Å². The van der Waals surface area contributed by atoms with Gasteiger partial charge in [0.2, 0.25) is 5.91 Å². The van der Waals surface area contributed by atoms with Crippen molar-refractivity contribution in [3.8, 4) is 0 Å². The fourth-order valence-corrected chi connectivity index (χ4v) is 2.32. The number of benzene rings is 1. The molecule has 1 N–H and O–H groups in total. The number of rotatable bonds is 4. The first-order valence-corrected chi connectivity index (χ1v) is 6.47. The van der Waals surface area contributed by atoms with Crippen LogP contribution in [0, 0.1) is 5.82 Å². The van der Waals surface area contributed by atoms with E-state index in [0.29, 0.717) is 13.1 Å². The molecule has 1 saturated heterocycles. The van der Waals surface area contributed by atoms with Crippen molar-refractivity contribution in [2.24, 2.45) is 0 Å². The lowest BCUT2D eigenvalue weighted by atomic mass is 10.1. The fraction of sp³-hybridized carbons (Fsp3) is 0.500. The summed E-state index contributed by atoms with van der Waals surface area (Å²) in [5, 5.41) is 3.20. The Labute approximate surface area is 119 Å². The Morgan fingerprint density at radius 2 is 2.32 bits per heavy atom.